The van der Waals surface area contributed by atoms with Crippen molar-refractivity contribution in [2.24, 2.45) is 0 Å². The lowest BCUT2D eigenvalue weighted by Gasteiger charge is -2.17. The van der Waals surface area contributed by atoms with Crippen LogP contribution >= 0.6 is 12.4 Å². The number of alkyl halides is 3. The van der Waals surface area contributed by atoms with E-state index in [1.54, 1.807) is 12.0 Å². The fraction of sp³-hybridized carbons (Fsp3) is 0.261. The summed E-state index contributed by atoms with van der Waals surface area (Å²) in [7, 11) is 1.61. The number of carbonyl (C=O) groups is 1. The lowest BCUT2D eigenvalue weighted by Crippen LogP contribution is -2.24. The predicted octanol–water partition coefficient (Wildman–Crippen LogP) is 4.99. The van der Waals surface area contributed by atoms with Gasteiger partial charge in [0, 0.05) is 37.5 Å². The zero-order valence-corrected chi connectivity index (χ0v) is 19.1. The van der Waals surface area contributed by atoms with Crippen molar-refractivity contribution in [2.75, 3.05) is 25.1 Å². The maximum absolute atomic E-state index is 15.2. The van der Waals surface area contributed by atoms with E-state index in [4.69, 9.17) is 4.74 Å². The second-order valence-electron chi connectivity index (χ2n) is 8.01. The molecule has 1 aliphatic heterocycles. The summed E-state index contributed by atoms with van der Waals surface area (Å²) in [6.45, 7) is 1.12. The second kappa shape index (κ2) is 9.31. The fourth-order valence-electron chi connectivity index (χ4n) is 4.14. The van der Waals surface area contributed by atoms with Gasteiger partial charge in [-0.25, -0.2) is 14.4 Å². The third-order valence-electron chi connectivity index (χ3n) is 5.91. The molecule has 1 saturated heterocycles. The maximum atomic E-state index is 15.2. The van der Waals surface area contributed by atoms with E-state index in [-0.39, 0.29) is 41.2 Å². The molecule has 0 unspecified atom stereocenters. The minimum atomic E-state index is -4.66. The number of hydrogen-bond donors (Lipinski definition) is 2. The van der Waals surface area contributed by atoms with Gasteiger partial charge in [-0.1, -0.05) is 18.2 Å². The number of ether oxygens (including phenoxy) is 1. The highest BCUT2D eigenvalue weighted by atomic mass is 35.5. The standard InChI is InChI=1S/C23H19F4N5O2.ClH/c1-34-13-6-7-32(11-13)22-18(24)19-17(10-29-22)30-21(31-19)16-8-12(9-28-16)20(33)14-4-2-3-5-15(14)23(25,26)27;/h2-5,8-10,13,28H,6-7,11H2,1H3,(H,30,31);1H/t13-;/m0./s1. The summed E-state index contributed by atoms with van der Waals surface area (Å²) in [5.74, 6) is -0.967. The number of rotatable bonds is 5. The first-order valence-electron chi connectivity index (χ1n) is 10.5. The van der Waals surface area contributed by atoms with E-state index in [1.165, 1.54) is 30.6 Å². The van der Waals surface area contributed by atoms with Gasteiger partial charge in [0.2, 0.25) is 0 Å². The van der Waals surface area contributed by atoms with Gasteiger partial charge in [-0.15, -0.1) is 12.4 Å². The summed E-state index contributed by atoms with van der Waals surface area (Å²) in [5.41, 5.74) is -0.691. The summed E-state index contributed by atoms with van der Waals surface area (Å²) in [6.07, 6.45) is -1.13. The number of ketones is 1. The topological polar surface area (TPSA) is 86.9 Å². The number of carbonyl (C=O) groups excluding carboxylic acids is 1. The molecule has 35 heavy (non-hydrogen) atoms. The van der Waals surface area contributed by atoms with Crippen LogP contribution < -0.4 is 4.90 Å². The Balaban J connectivity index is 0.00000289. The van der Waals surface area contributed by atoms with Gasteiger partial charge in [-0.2, -0.15) is 13.2 Å². The number of methoxy groups -OCH3 is 1. The minimum Gasteiger partial charge on any atom is -0.380 e. The Morgan fingerprint density at radius 1 is 1.26 bits per heavy atom. The zero-order valence-electron chi connectivity index (χ0n) is 18.3. The number of nitrogens with one attached hydrogen (secondary N) is 2. The Morgan fingerprint density at radius 2 is 2.03 bits per heavy atom. The molecule has 5 rings (SSSR count). The number of imidazole rings is 1. The maximum Gasteiger partial charge on any atom is 0.417 e. The Kier molecular flexibility index (Phi) is 6.56. The van der Waals surface area contributed by atoms with Crippen LogP contribution in [0, 0.1) is 5.82 Å². The molecule has 0 bridgehead atoms. The molecule has 0 amide bonds. The number of hydrogen-bond acceptors (Lipinski definition) is 5. The molecule has 1 fully saturated rings. The van der Waals surface area contributed by atoms with Gasteiger partial charge in [0.15, 0.2) is 23.2 Å². The highest BCUT2D eigenvalue weighted by Gasteiger charge is 2.35. The van der Waals surface area contributed by atoms with Gasteiger partial charge in [-0.05, 0) is 18.6 Å². The zero-order chi connectivity index (χ0) is 24.0. The number of benzene rings is 1. The summed E-state index contributed by atoms with van der Waals surface area (Å²) in [4.78, 5) is 28.9. The first-order chi connectivity index (χ1) is 16.3. The lowest BCUT2D eigenvalue weighted by atomic mass is 9.99. The van der Waals surface area contributed by atoms with Crippen LogP contribution in [0.2, 0.25) is 0 Å². The Hall–Kier alpha value is -3.44. The van der Waals surface area contributed by atoms with Crippen LogP contribution in [-0.4, -0.2) is 52.0 Å². The van der Waals surface area contributed by atoms with Crippen LogP contribution in [-0.2, 0) is 10.9 Å². The third-order valence-corrected chi connectivity index (χ3v) is 5.91. The van der Waals surface area contributed by atoms with E-state index in [9.17, 15) is 18.0 Å². The van der Waals surface area contributed by atoms with Crippen molar-refractivity contribution in [1.29, 1.82) is 0 Å². The Bertz CT molecular complexity index is 1380. The number of fused-ring (bicyclic) bond motifs is 1. The van der Waals surface area contributed by atoms with E-state index in [0.717, 1.165) is 18.6 Å². The molecule has 12 heteroatoms. The third kappa shape index (κ3) is 4.48. The molecule has 4 heterocycles. The number of H-pyrrole nitrogens is 2. The van der Waals surface area contributed by atoms with E-state index in [1.807, 2.05) is 0 Å². The minimum absolute atomic E-state index is 0. The quantitative estimate of drug-likeness (QED) is 0.292. The molecule has 0 aliphatic carbocycles. The van der Waals surface area contributed by atoms with Crippen molar-refractivity contribution in [3.63, 3.8) is 0 Å². The summed E-state index contributed by atoms with van der Waals surface area (Å²) >= 11 is 0. The van der Waals surface area contributed by atoms with Crippen LogP contribution in [0.25, 0.3) is 22.6 Å². The highest BCUT2D eigenvalue weighted by Crippen LogP contribution is 2.33. The van der Waals surface area contributed by atoms with E-state index >= 15 is 4.39 Å². The smallest absolute Gasteiger partial charge is 0.380 e. The normalized spacial score (nSPS) is 16.0. The van der Waals surface area contributed by atoms with Crippen LogP contribution in [0.1, 0.15) is 27.9 Å². The number of anilines is 1. The molecule has 0 radical (unpaired) electrons. The fourth-order valence-corrected chi connectivity index (χ4v) is 4.14. The summed E-state index contributed by atoms with van der Waals surface area (Å²) in [6, 6.07) is 5.97. The number of aromatic amines is 2. The average molecular weight is 510 g/mol. The van der Waals surface area contributed by atoms with Gasteiger partial charge in [-0.3, -0.25) is 4.79 Å². The molecule has 184 valence electrons. The van der Waals surface area contributed by atoms with Gasteiger partial charge < -0.3 is 19.6 Å². The van der Waals surface area contributed by atoms with Gasteiger partial charge in [0.1, 0.15) is 5.52 Å². The molecule has 1 aromatic carbocycles. The molecule has 1 aliphatic rings. The first kappa shape index (κ1) is 24.7. The number of aromatic nitrogens is 4. The molecular formula is C23H20ClF4N5O2. The predicted molar refractivity (Wildman–Crippen MR) is 123 cm³/mol. The molecule has 1 atom stereocenters. The Labute approximate surface area is 202 Å². The average Bonchev–Trinajstić information content (AvgIpc) is 3.57. The summed E-state index contributed by atoms with van der Waals surface area (Å²) in [5, 5.41) is 0. The molecule has 0 spiro atoms. The molecule has 4 aromatic rings. The van der Waals surface area contributed by atoms with Crippen molar-refractivity contribution in [2.45, 2.75) is 18.7 Å². The van der Waals surface area contributed by atoms with Crippen molar-refractivity contribution in [1.82, 2.24) is 19.9 Å². The van der Waals surface area contributed by atoms with Crippen LogP contribution in [0.3, 0.4) is 0 Å². The van der Waals surface area contributed by atoms with Crippen LogP contribution in [0.5, 0.6) is 0 Å². The molecule has 2 N–H and O–H groups in total. The van der Waals surface area contributed by atoms with Crippen molar-refractivity contribution in [3.8, 4) is 11.5 Å². The number of halogens is 5. The first-order valence-corrected chi connectivity index (χ1v) is 10.5. The molecule has 3 aromatic heterocycles. The highest BCUT2D eigenvalue weighted by molar-refractivity contribution is 6.10. The number of pyridine rings is 1. The van der Waals surface area contributed by atoms with E-state index < -0.39 is 28.9 Å². The van der Waals surface area contributed by atoms with Gasteiger partial charge in [0.05, 0.1) is 29.1 Å². The van der Waals surface area contributed by atoms with E-state index in [2.05, 4.69) is 19.9 Å². The van der Waals surface area contributed by atoms with Gasteiger partial charge >= 0.3 is 6.18 Å². The van der Waals surface area contributed by atoms with E-state index in [0.29, 0.717) is 24.3 Å². The monoisotopic (exact) mass is 509 g/mol. The lowest BCUT2D eigenvalue weighted by molar-refractivity contribution is -0.137. The van der Waals surface area contributed by atoms with Gasteiger partial charge in [0.25, 0.3) is 0 Å². The Morgan fingerprint density at radius 3 is 2.74 bits per heavy atom. The van der Waals surface area contributed by atoms with Crippen molar-refractivity contribution < 1.29 is 27.1 Å². The second-order valence-corrected chi connectivity index (χ2v) is 8.01. The van der Waals surface area contributed by atoms with Crippen molar-refractivity contribution >= 4 is 35.0 Å². The SMILES string of the molecule is CO[C@H]1CCN(c2ncc3[nH]c(-c4cc(C(=O)c5ccccc5C(F)(F)F)c[nH]4)nc3c2F)C1.Cl. The van der Waals surface area contributed by atoms with Crippen molar-refractivity contribution in [3.05, 3.63) is 65.2 Å². The molecule has 7 nitrogen and oxygen atoms in total. The van der Waals surface area contributed by atoms with Crippen LogP contribution in [0.15, 0.2) is 42.7 Å². The molecular weight excluding hydrogens is 490 g/mol. The van der Waals surface area contributed by atoms with Crippen LogP contribution in [0.4, 0.5) is 23.4 Å². The summed E-state index contributed by atoms with van der Waals surface area (Å²) < 4.78 is 60.4. The number of nitrogens with zero attached hydrogens (tertiary/aromatic N) is 3. The molecule has 0 saturated carbocycles. The largest absolute Gasteiger partial charge is 0.417 e.